The molecule has 1 unspecified atom stereocenters. The van der Waals surface area contributed by atoms with Crippen LogP contribution in [-0.4, -0.2) is 14.1 Å². The van der Waals surface area contributed by atoms with Crippen LogP contribution >= 0.6 is 0 Å². The van der Waals surface area contributed by atoms with Crippen molar-refractivity contribution in [3.05, 3.63) is 29.8 Å². The molecule has 0 spiro atoms. The topological polar surface area (TPSA) is 44.5 Å². The molecule has 2 rings (SSSR count). The first-order valence-corrected chi connectivity index (χ1v) is 3.97. The first-order valence-electron chi connectivity index (χ1n) is 3.97. The van der Waals surface area contributed by atoms with Gasteiger partial charge in [0.05, 0.1) is 6.61 Å². The molecule has 12 heavy (non-hydrogen) atoms. The Balaban J connectivity index is 2.26. The Morgan fingerprint density at radius 1 is 1.42 bits per heavy atom. The van der Waals surface area contributed by atoms with Crippen LogP contribution in [0.25, 0.3) is 0 Å². The second-order valence-electron chi connectivity index (χ2n) is 2.89. The summed E-state index contributed by atoms with van der Waals surface area (Å²) in [6.45, 7) is 0.605. The Morgan fingerprint density at radius 2 is 2.25 bits per heavy atom. The van der Waals surface area contributed by atoms with Crippen LogP contribution in [0.1, 0.15) is 11.4 Å². The van der Waals surface area contributed by atoms with Crippen LogP contribution in [0, 0.1) is 0 Å². The lowest BCUT2D eigenvalue weighted by Crippen LogP contribution is -2.07. The van der Waals surface area contributed by atoms with Gasteiger partial charge < -0.3 is 10.5 Å². The molecule has 0 aliphatic carbocycles. The van der Waals surface area contributed by atoms with Crippen LogP contribution in [0.2, 0.25) is 0 Å². The molecule has 1 saturated heterocycles. The van der Waals surface area contributed by atoms with Gasteiger partial charge in [-0.3, -0.25) is 4.89 Å². The molecule has 0 amide bonds. The minimum atomic E-state index is 0.297. The Labute approximate surface area is 71.7 Å². The molecule has 2 N–H and O–H groups in total. The quantitative estimate of drug-likeness (QED) is 0.375. The first-order chi connectivity index (χ1) is 5.88. The highest BCUT2D eigenvalue weighted by Crippen LogP contribution is 2.24. The van der Waals surface area contributed by atoms with Crippen molar-refractivity contribution in [3.63, 3.8) is 0 Å². The summed E-state index contributed by atoms with van der Waals surface area (Å²) >= 11 is 0. The Bertz CT molecular complexity index is 274. The predicted molar refractivity (Wildman–Crippen MR) is 47.8 cm³/mol. The van der Waals surface area contributed by atoms with Crippen molar-refractivity contribution in [1.82, 2.24) is 0 Å². The Morgan fingerprint density at radius 3 is 2.92 bits per heavy atom. The summed E-state index contributed by atoms with van der Waals surface area (Å²) in [5, 5.41) is 0. The van der Waals surface area contributed by atoms with E-state index in [1.807, 2.05) is 24.3 Å². The van der Waals surface area contributed by atoms with Crippen molar-refractivity contribution >= 4 is 13.2 Å². The van der Waals surface area contributed by atoms with E-state index in [-0.39, 0.29) is 0 Å². The van der Waals surface area contributed by atoms with Gasteiger partial charge in [-0.1, -0.05) is 18.2 Å². The van der Waals surface area contributed by atoms with E-state index in [0.29, 0.717) is 19.9 Å². The number of hydrogen-bond acceptors (Lipinski definition) is 3. The molecule has 3 nitrogen and oxygen atoms in total. The molecule has 1 aliphatic heterocycles. The fourth-order valence-corrected chi connectivity index (χ4v) is 1.37. The molecule has 0 radical (unpaired) electrons. The van der Waals surface area contributed by atoms with Gasteiger partial charge in [0.1, 0.15) is 0 Å². The highest BCUT2D eigenvalue weighted by molar-refractivity contribution is 6.30. The summed E-state index contributed by atoms with van der Waals surface area (Å²) in [5.41, 5.74) is 7.73. The smallest absolute Gasteiger partial charge is 0.333 e. The lowest BCUT2D eigenvalue weighted by Gasteiger charge is -2.07. The van der Waals surface area contributed by atoms with Crippen LogP contribution in [0.4, 0.5) is 5.69 Å². The van der Waals surface area contributed by atoms with Gasteiger partial charge in [-0.25, -0.2) is 0 Å². The molecule has 0 bridgehead atoms. The van der Waals surface area contributed by atoms with E-state index < -0.39 is 0 Å². The number of benzene rings is 1. The van der Waals surface area contributed by atoms with E-state index >= 15 is 0 Å². The molecular formula is C8H10BNO2. The van der Waals surface area contributed by atoms with Gasteiger partial charge in [0.15, 0.2) is 0 Å². The molecule has 1 fully saturated rings. The molecule has 1 heterocycles. The summed E-state index contributed by atoms with van der Waals surface area (Å²) in [6, 6.07) is 7.81. The zero-order valence-electron chi connectivity index (χ0n) is 6.69. The fourth-order valence-electron chi connectivity index (χ4n) is 1.37. The van der Waals surface area contributed by atoms with Crippen LogP contribution in [0.15, 0.2) is 24.3 Å². The molecule has 4 heteroatoms. The van der Waals surface area contributed by atoms with Crippen LogP contribution < -0.4 is 5.73 Å². The average molecular weight is 163 g/mol. The normalized spacial score (nSPS) is 22.2. The highest BCUT2D eigenvalue weighted by atomic mass is 17.2. The van der Waals surface area contributed by atoms with E-state index in [9.17, 15) is 0 Å². The summed E-state index contributed by atoms with van der Waals surface area (Å²) in [6.07, 6.45) is 0. The van der Waals surface area contributed by atoms with Crippen LogP contribution in [-0.2, 0) is 9.69 Å². The molecule has 1 aromatic rings. The molecule has 0 saturated carbocycles. The summed E-state index contributed by atoms with van der Waals surface area (Å²) in [5.74, 6) is 0.297. The number of rotatable bonds is 1. The second-order valence-corrected chi connectivity index (χ2v) is 2.89. The number of hydrogen-bond donors (Lipinski definition) is 1. The van der Waals surface area contributed by atoms with E-state index in [0.717, 1.165) is 11.3 Å². The van der Waals surface area contributed by atoms with Crippen molar-refractivity contribution < 1.29 is 9.69 Å². The third kappa shape index (κ3) is 1.31. The van der Waals surface area contributed by atoms with Gasteiger partial charge in [0.25, 0.3) is 0 Å². The number of anilines is 1. The third-order valence-corrected chi connectivity index (χ3v) is 2.06. The van der Waals surface area contributed by atoms with Gasteiger partial charge in [-0.15, -0.1) is 0 Å². The molecule has 62 valence electrons. The highest BCUT2D eigenvalue weighted by Gasteiger charge is 2.23. The maximum Gasteiger partial charge on any atom is 0.333 e. The maximum atomic E-state index is 5.79. The summed E-state index contributed by atoms with van der Waals surface area (Å²) < 4.78 is 0. The fraction of sp³-hybridized carbons (Fsp3) is 0.250. The zero-order valence-corrected chi connectivity index (χ0v) is 6.69. The summed E-state index contributed by atoms with van der Waals surface area (Å²) in [7, 11) is 0.605. The minimum absolute atomic E-state index is 0.297. The Kier molecular flexibility index (Phi) is 2.02. The lowest BCUT2D eigenvalue weighted by molar-refractivity contribution is -0.183. The second kappa shape index (κ2) is 3.17. The van der Waals surface area contributed by atoms with E-state index in [2.05, 4.69) is 0 Å². The van der Waals surface area contributed by atoms with Gasteiger partial charge in [0, 0.05) is 11.5 Å². The molecule has 1 atom stereocenters. The number of para-hydroxylation sites is 1. The number of nitrogen functional groups attached to an aromatic ring is 1. The standard InChI is InChI=1S/C8H10BNO2/c10-8-4-2-1-3-6(8)7-5-11-12-9-7/h1-4,7,9H,5,10H2. The third-order valence-electron chi connectivity index (χ3n) is 2.06. The monoisotopic (exact) mass is 163 g/mol. The molecular weight excluding hydrogens is 153 g/mol. The van der Waals surface area contributed by atoms with Gasteiger partial charge in [0.2, 0.25) is 0 Å². The molecule has 0 aromatic heterocycles. The van der Waals surface area contributed by atoms with Crippen molar-refractivity contribution in [1.29, 1.82) is 0 Å². The summed E-state index contributed by atoms with van der Waals surface area (Å²) in [4.78, 5) is 9.62. The molecule has 1 aromatic carbocycles. The zero-order chi connectivity index (χ0) is 8.39. The molecule has 1 aliphatic rings. The average Bonchev–Trinajstić information content (AvgIpc) is 2.57. The van der Waals surface area contributed by atoms with E-state index in [1.54, 1.807) is 0 Å². The maximum absolute atomic E-state index is 5.79. The lowest BCUT2D eigenvalue weighted by atomic mass is 9.76. The van der Waals surface area contributed by atoms with Crippen LogP contribution in [0.5, 0.6) is 0 Å². The van der Waals surface area contributed by atoms with E-state index in [1.165, 1.54) is 0 Å². The van der Waals surface area contributed by atoms with Gasteiger partial charge in [-0.05, 0) is 11.6 Å². The van der Waals surface area contributed by atoms with Crippen molar-refractivity contribution in [2.24, 2.45) is 0 Å². The SMILES string of the molecule is Nc1ccccc1C1BOOC1. The van der Waals surface area contributed by atoms with Crippen molar-refractivity contribution in [3.8, 4) is 0 Å². The van der Waals surface area contributed by atoms with Gasteiger partial charge in [-0.2, -0.15) is 0 Å². The van der Waals surface area contributed by atoms with Crippen LogP contribution in [0.3, 0.4) is 0 Å². The first kappa shape index (κ1) is 7.64. The Hall–Kier alpha value is -0.995. The van der Waals surface area contributed by atoms with Crippen molar-refractivity contribution in [2.75, 3.05) is 12.3 Å². The number of nitrogens with two attached hydrogens (primary N) is 1. The minimum Gasteiger partial charge on any atom is -0.399 e. The predicted octanol–water partition coefficient (Wildman–Crippen LogP) is 0.623. The largest absolute Gasteiger partial charge is 0.399 e. The van der Waals surface area contributed by atoms with E-state index in [4.69, 9.17) is 15.4 Å². The van der Waals surface area contributed by atoms with Gasteiger partial charge >= 0.3 is 7.48 Å². The van der Waals surface area contributed by atoms with Crippen molar-refractivity contribution in [2.45, 2.75) is 5.82 Å².